The molecule has 0 spiro atoms. The minimum absolute atomic E-state index is 0.0527. The van der Waals surface area contributed by atoms with Crippen molar-refractivity contribution in [2.45, 2.75) is 31.2 Å². The van der Waals surface area contributed by atoms with Gasteiger partial charge in [-0.3, -0.25) is 4.79 Å². The standard InChI is InChI=1S/C21H23N3O5S2/c1-15-20(19(29-23-15)9-8-18-7-4-12-30-18)31(26,27)24-10-2-5-16(14-24)21(25)22-13-17-6-3-11-28-17/h3-4,6-9,11-12,16H,2,5,10,13-14H2,1H3,(H,22,25). The average molecular weight is 462 g/mol. The first-order valence-electron chi connectivity index (χ1n) is 9.93. The van der Waals surface area contributed by atoms with E-state index < -0.39 is 15.9 Å². The van der Waals surface area contributed by atoms with Gasteiger partial charge in [-0.15, -0.1) is 11.3 Å². The molecule has 1 fully saturated rings. The lowest BCUT2D eigenvalue weighted by molar-refractivity contribution is -0.126. The quantitative estimate of drug-likeness (QED) is 0.577. The Morgan fingerprint density at radius 2 is 2.23 bits per heavy atom. The minimum atomic E-state index is -3.86. The monoisotopic (exact) mass is 461 g/mol. The summed E-state index contributed by atoms with van der Waals surface area (Å²) in [6.45, 7) is 2.35. The van der Waals surface area contributed by atoms with Crippen molar-refractivity contribution in [2.24, 2.45) is 5.92 Å². The molecule has 3 aromatic rings. The molecule has 1 aliphatic rings. The SMILES string of the molecule is Cc1noc(C=Cc2cccs2)c1S(=O)(=O)N1CCCC(C(=O)NCc2ccco2)C1. The van der Waals surface area contributed by atoms with Crippen LogP contribution in [0.15, 0.2) is 49.7 Å². The number of sulfonamides is 1. The fraction of sp³-hybridized carbons (Fsp3) is 0.333. The zero-order chi connectivity index (χ0) is 21.8. The first-order valence-corrected chi connectivity index (χ1v) is 12.2. The van der Waals surface area contributed by atoms with E-state index in [1.165, 1.54) is 15.6 Å². The summed E-state index contributed by atoms with van der Waals surface area (Å²) in [5, 5.41) is 8.63. The van der Waals surface area contributed by atoms with Crippen LogP contribution < -0.4 is 5.32 Å². The number of carbonyl (C=O) groups is 1. The molecule has 0 radical (unpaired) electrons. The Kier molecular flexibility index (Phi) is 6.40. The molecule has 1 N–H and O–H groups in total. The third-order valence-electron chi connectivity index (χ3n) is 5.15. The molecule has 1 amide bonds. The Balaban J connectivity index is 1.49. The van der Waals surface area contributed by atoms with Gasteiger partial charge in [-0.2, -0.15) is 4.31 Å². The molecule has 4 rings (SSSR count). The van der Waals surface area contributed by atoms with Crippen molar-refractivity contribution in [2.75, 3.05) is 13.1 Å². The second kappa shape index (κ2) is 9.21. The molecule has 1 unspecified atom stereocenters. The van der Waals surface area contributed by atoms with E-state index >= 15 is 0 Å². The van der Waals surface area contributed by atoms with Gasteiger partial charge in [0.1, 0.15) is 11.5 Å². The number of aromatic nitrogens is 1. The van der Waals surface area contributed by atoms with Crippen molar-refractivity contribution in [1.82, 2.24) is 14.8 Å². The van der Waals surface area contributed by atoms with Crippen LogP contribution in [0.25, 0.3) is 12.2 Å². The van der Waals surface area contributed by atoms with Gasteiger partial charge < -0.3 is 14.3 Å². The van der Waals surface area contributed by atoms with Crippen LogP contribution in [-0.2, 0) is 21.4 Å². The van der Waals surface area contributed by atoms with Gasteiger partial charge in [-0.1, -0.05) is 11.2 Å². The summed E-state index contributed by atoms with van der Waals surface area (Å²) < 4.78 is 38.7. The third kappa shape index (κ3) is 4.81. The molecule has 10 heteroatoms. The summed E-state index contributed by atoms with van der Waals surface area (Å²) in [5.74, 6) is 0.228. The van der Waals surface area contributed by atoms with E-state index in [-0.39, 0.29) is 29.7 Å². The average Bonchev–Trinajstić information content (AvgIpc) is 3.53. The van der Waals surface area contributed by atoms with Gasteiger partial charge >= 0.3 is 0 Å². The number of rotatable bonds is 7. The van der Waals surface area contributed by atoms with E-state index in [4.69, 9.17) is 8.94 Å². The number of piperidine rings is 1. The number of nitrogens with zero attached hydrogens (tertiary/aromatic N) is 2. The summed E-state index contributed by atoms with van der Waals surface area (Å²) in [7, 11) is -3.86. The maximum Gasteiger partial charge on any atom is 0.248 e. The van der Waals surface area contributed by atoms with Crippen LogP contribution >= 0.6 is 11.3 Å². The Morgan fingerprint density at radius 1 is 1.35 bits per heavy atom. The molecule has 8 nitrogen and oxygen atoms in total. The molecular weight excluding hydrogens is 438 g/mol. The van der Waals surface area contributed by atoms with Crippen molar-refractivity contribution in [3.63, 3.8) is 0 Å². The van der Waals surface area contributed by atoms with Crippen molar-refractivity contribution in [3.8, 4) is 0 Å². The number of aryl methyl sites for hydroxylation is 1. The van der Waals surface area contributed by atoms with Gasteiger partial charge in [0.15, 0.2) is 10.7 Å². The van der Waals surface area contributed by atoms with E-state index in [9.17, 15) is 13.2 Å². The highest BCUT2D eigenvalue weighted by Crippen LogP contribution is 2.29. The molecule has 4 heterocycles. The van der Waals surface area contributed by atoms with E-state index in [0.717, 1.165) is 4.88 Å². The van der Waals surface area contributed by atoms with Crippen LogP contribution in [0.3, 0.4) is 0 Å². The Hall–Kier alpha value is -2.69. The predicted molar refractivity (Wildman–Crippen MR) is 117 cm³/mol. The fourth-order valence-electron chi connectivity index (χ4n) is 3.58. The van der Waals surface area contributed by atoms with E-state index in [2.05, 4.69) is 10.5 Å². The van der Waals surface area contributed by atoms with Gasteiger partial charge in [0.2, 0.25) is 15.9 Å². The van der Waals surface area contributed by atoms with Gasteiger partial charge in [0.25, 0.3) is 0 Å². The molecule has 1 aliphatic heterocycles. The van der Waals surface area contributed by atoms with Gasteiger partial charge in [-0.05, 0) is 55.5 Å². The van der Waals surface area contributed by atoms with Crippen LogP contribution in [0, 0.1) is 12.8 Å². The molecule has 0 aromatic carbocycles. The fourth-order valence-corrected chi connectivity index (χ4v) is 5.97. The molecule has 0 bridgehead atoms. The Bertz CT molecular complexity index is 1150. The van der Waals surface area contributed by atoms with Gasteiger partial charge in [0.05, 0.1) is 18.7 Å². The largest absolute Gasteiger partial charge is 0.467 e. The number of amides is 1. The lowest BCUT2D eigenvalue weighted by Gasteiger charge is -2.31. The molecule has 1 saturated heterocycles. The van der Waals surface area contributed by atoms with Gasteiger partial charge in [-0.25, -0.2) is 8.42 Å². The molecule has 3 aromatic heterocycles. The smallest absolute Gasteiger partial charge is 0.248 e. The molecule has 1 atom stereocenters. The highest BCUT2D eigenvalue weighted by molar-refractivity contribution is 7.89. The van der Waals surface area contributed by atoms with Gasteiger partial charge in [0, 0.05) is 18.0 Å². The number of carbonyl (C=O) groups excluding carboxylic acids is 1. The summed E-state index contributed by atoms with van der Waals surface area (Å²) in [5.41, 5.74) is 0.301. The first-order chi connectivity index (χ1) is 14.9. The number of hydrogen-bond donors (Lipinski definition) is 1. The number of furan rings is 1. The maximum atomic E-state index is 13.4. The van der Waals surface area contributed by atoms with Crippen LogP contribution in [0.4, 0.5) is 0 Å². The topological polar surface area (TPSA) is 106 Å². The third-order valence-corrected chi connectivity index (χ3v) is 8.01. The van der Waals surface area contributed by atoms with Crippen LogP contribution in [0.1, 0.15) is 34.9 Å². The molecule has 0 saturated carbocycles. The second-order valence-corrected chi connectivity index (χ2v) is 10.2. The summed E-state index contributed by atoms with van der Waals surface area (Å²) in [4.78, 5) is 13.6. The van der Waals surface area contributed by atoms with E-state index in [0.29, 0.717) is 30.8 Å². The predicted octanol–water partition coefficient (Wildman–Crippen LogP) is 3.53. The van der Waals surface area contributed by atoms with E-state index in [1.807, 2.05) is 17.5 Å². The summed E-state index contributed by atoms with van der Waals surface area (Å²) in [6, 6.07) is 7.37. The highest BCUT2D eigenvalue weighted by Gasteiger charge is 2.36. The van der Waals surface area contributed by atoms with Crippen molar-refractivity contribution >= 4 is 39.4 Å². The highest BCUT2D eigenvalue weighted by atomic mass is 32.2. The normalized spacial score (nSPS) is 17.9. The number of thiophene rings is 1. The zero-order valence-corrected chi connectivity index (χ0v) is 18.6. The summed E-state index contributed by atoms with van der Waals surface area (Å²) in [6.07, 6.45) is 6.19. The van der Waals surface area contributed by atoms with Crippen molar-refractivity contribution in [3.05, 3.63) is 58.0 Å². The molecule has 164 valence electrons. The number of nitrogens with one attached hydrogen (secondary N) is 1. The molecule has 0 aliphatic carbocycles. The first kappa shape index (κ1) is 21.5. The van der Waals surface area contributed by atoms with E-state index in [1.54, 1.807) is 37.5 Å². The second-order valence-electron chi connectivity index (χ2n) is 7.31. The Labute approximate surface area is 184 Å². The maximum absolute atomic E-state index is 13.4. The Morgan fingerprint density at radius 3 is 2.97 bits per heavy atom. The lowest BCUT2D eigenvalue weighted by Crippen LogP contribution is -2.45. The molecule has 31 heavy (non-hydrogen) atoms. The van der Waals surface area contributed by atoms with Crippen LogP contribution in [-0.4, -0.2) is 36.9 Å². The minimum Gasteiger partial charge on any atom is -0.467 e. The van der Waals surface area contributed by atoms with Crippen molar-refractivity contribution < 1.29 is 22.2 Å². The lowest BCUT2D eigenvalue weighted by atomic mass is 9.99. The molecular formula is C21H23N3O5S2. The zero-order valence-electron chi connectivity index (χ0n) is 17.0. The van der Waals surface area contributed by atoms with Crippen LogP contribution in [0.5, 0.6) is 0 Å². The number of hydrogen-bond acceptors (Lipinski definition) is 7. The van der Waals surface area contributed by atoms with Crippen LogP contribution in [0.2, 0.25) is 0 Å². The van der Waals surface area contributed by atoms with Crippen molar-refractivity contribution in [1.29, 1.82) is 0 Å². The summed E-state index contributed by atoms with van der Waals surface area (Å²) >= 11 is 1.54.